The molecule has 3 aromatic rings. The summed E-state index contributed by atoms with van der Waals surface area (Å²) in [6, 6.07) is 19.8. The number of ketones is 1. The molecule has 0 saturated carbocycles. The zero-order chi connectivity index (χ0) is 17.8. The zero-order valence-corrected chi connectivity index (χ0v) is 13.7. The van der Waals surface area contributed by atoms with E-state index in [0.29, 0.717) is 21.8 Å². The molecule has 0 atom stereocenters. The number of hydrogen-bond acceptors (Lipinski definition) is 4. The van der Waals surface area contributed by atoms with Gasteiger partial charge >= 0.3 is 0 Å². The van der Waals surface area contributed by atoms with E-state index >= 15 is 0 Å². The highest BCUT2D eigenvalue weighted by Crippen LogP contribution is 2.30. The highest BCUT2D eigenvalue weighted by Gasteiger charge is 2.18. The Hall–Kier alpha value is -3.18. The summed E-state index contributed by atoms with van der Waals surface area (Å²) in [5, 5.41) is 14.8. The number of rotatable bonds is 5. The van der Waals surface area contributed by atoms with Gasteiger partial charge in [-0.05, 0) is 36.4 Å². The maximum Gasteiger partial charge on any atom is 0.292 e. The quantitative estimate of drug-likeness (QED) is 0.388. The third kappa shape index (κ3) is 3.84. The molecule has 0 aromatic heterocycles. The average Bonchev–Trinajstić information content (AvgIpc) is 2.63. The number of nitro groups is 1. The lowest BCUT2D eigenvalue weighted by molar-refractivity contribution is -0.383. The predicted molar refractivity (Wildman–Crippen MR) is 97.7 cm³/mol. The van der Waals surface area contributed by atoms with E-state index in [2.05, 4.69) is 5.32 Å². The van der Waals surface area contributed by atoms with Gasteiger partial charge in [-0.15, -0.1) is 0 Å². The van der Waals surface area contributed by atoms with E-state index in [-0.39, 0.29) is 17.2 Å². The largest absolute Gasteiger partial charge is 0.350 e. The Bertz CT molecular complexity index is 925. The predicted octanol–water partition coefficient (Wildman–Crippen LogP) is 5.22. The fourth-order valence-electron chi connectivity index (χ4n) is 2.38. The van der Waals surface area contributed by atoms with Crippen molar-refractivity contribution in [2.75, 3.05) is 5.32 Å². The van der Waals surface area contributed by atoms with Crippen LogP contribution in [0.15, 0.2) is 72.8 Å². The molecule has 25 heavy (non-hydrogen) atoms. The number of benzene rings is 3. The Morgan fingerprint density at radius 2 is 1.60 bits per heavy atom. The monoisotopic (exact) mass is 352 g/mol. The smallest absolute Gasteiger partial charge is 0.292 e. The van der Waals surface area contributed by atoms with Crippen LogP contribution in [-0.4, -0.2) is 10.7 Å². The lowest BCUT2D eigenvalue weighted by atomic mass is 10.0. The van der Waals surface area contributed by atoms with E-state index in [0.717, 1.165) is 0 Å². The molecule has 5 nitrogen and oxygen atoms in total. The van der Waals surface area contributed by atoms with Crippen LogP contribution in [0.25, 0.3) is 0 Å². The number of hydrogen-bond donors (Lipinski definition) is 1. The second-order valence-corrected chi connectivity index (χ2v) is 5.75. The van der Waals surface area contributed by atoms with Gasteiger partial charge in [0.1, 0.15) is 5.69 Å². The Labute approximate surface area is 149 Å². The molecule has 0 amide bonds. The fraction of sp³-hybridized carbons (Fsp3) is 0. The number of nitro benzene ring substituents is 1. The van der Waals surface area contributed by atoms with Gasteiger partial charge in [0, 0.05) is 27.9 Å². The highest BCUT2D eigenvalue weighted by molar-refractivity contribution is 6.30. The van der Waals surface area contributed by atoms with Gasteiger partial charge in [-0.2, -0.15) is 0 Å². The van der Waals surface area contributed by atoms with Gasteiger partial charge in [0.15, 0.2) is 5.78 Å². The summed E-state index contributed by atoms with van der Waals surface area (Å²) < 4.78 is 0. The van der Waals surface area contributed by atoms with Crippen molar-refractivity contribution in [2.45, 2.75) is 0 Å². The van der Waals surface area contributed by atoms with Crippen LogP contribution in [0, 0.1) is 10.1 Å². The zero-order valence-electron chi connectivity index (χ0n) is 13.0. The first-order chi connectivity index (χ1) is 12.0. The van der Waals surface area contributed by atoms with E-state index in [9.17, 15) is 14.9 Å². The van der Waals surface area contributed by atoms with Crippen molar-refractivity contribution in [1.82, 2.24) is 0 Å². The Morgan fingerprint density at radius 1 is 0.920 bits per heavy atom. The minimum Gasteiger partial charge on any atom is -0.350 e. The molecule has 0 aliphatic heterocycles. The molecule has 3 rings (SSSR count). The Balaban J connectivity index is 1.98. The van der Waals surface area contributed by atoms with Crippen molar-refractivity contribution in [1.29, 1.82) is 0 Å². The van der Waals surface area contributed by atoms with Crippen molar-refractivity contribution >= 4 is 34.4 Å². The summed E-state index contributed by atoms with van der Waals surface area (Å²) in [4.78, 5) is 23.3. The molecule has 0 aliphatic carbocycles. The summed E-state index contributed by atoms with van der Waals surface area (Å²) in [7, 11) is 0. The SMILES string of the molecule is O=C(c1ccccc1)c1ccc([N+](=O)[O-])c(Nc2ccc(Cl)cc2)c1. The van der Waals surface area contributed by atoms with E-state index < -0.39 is 4.92 Å². The molecule has 0 unspecified atom stereocenters. The summed E-state index contributed by atoms with van der Waals surface area (Å²) in [6.07, 6.45) is 0. The van der Waals surface area contributed by atoms with Crippen molar-refractivity contribution in [3.05, 3.63) is 99.1 Å². The van der Waals surface area contributed by atoms with Crippen LogP contribution in [-0.2, 0) is 0 Å². The van der Waals surface area contributed by atoms with Gasteiger partial charge in [0.25, 0.3) is 5.69 Å². The second-order valence-electron chi connectivity index (χ2n) is 5.32. The van der Waals surface area contributed by atoms with Crippen LogP contribution >= 0.6 is 11.6 Å². The Kier molecular flexibility index (Phi) is 4.77. The normalized spacial score (nSPS) is 10.3. The molecule has 6 heteroatoms. The minimum absolute atomic E-state index is 0.112. The van der Waals surface area contributed by atoms with Gasteiger partial charge in [-0.3, -0.25) is 14.9 Å². The van der Waals surface area contributed by atoms with E-state index in [1.165, 1.54) is 18.2 Å². The van der Waals surface area contributed by atoms with Gasteiger partial charge in [0.2, 0.25) is 0 Å². The van der Waals surface area contributed by atoms with Crippen molar-refractivity contribution in [2.24, 2.45) is 0 Å². The van der Waals surface area contributed by atoms with E-state index in [1.54, 1.807) is 48.5 Å². The molecular weight excluding hydrogens is 340 g/mol. The van der Waals surface area contributed by atoms with E-state index in [4.69, 9.17) is 11.6 Å². The van der Waals surface area contributed by atoms with Crippen LogP contribution in [0.2, 0.25) is 5.02 Å². The number of carbonyl (C=O) groups is 1. The van der Waals surface area contributed by atoms with Crippen LogP contribution in [0.3, 0.4) is 0 Å². The maximum absolute atomic E-state index is 12.6. The highest BCUT2D eigenvalue weighted by atomic mass is 35.5. The summed E-state index contributed by atoms with van der Waals surface area (Å²) in [5.41, 5.74) is 1.66. The van der Waals surface area contributed by atoms with Crippen molar-refractivity contribution < 1.29 is 9.72 Å². The standard InChI is InChI=1S/C19H13ClN2O3/c20-15-7-9-16(10-8-15)21-17-12-14(6-11-18(17)22(24)25)19(23)13-4-2-1-3-5-13/h1-12,21H. The first-order valence-corrected chi connectivity index (χ1v) is 7.83. The molecule has 124 valence electrons. The van der Waals surface area contributed by atoms with Crippen molar-refractivity contribution in [3.8, 4) is 0 Å². The number of nitrogens with zero attached hydrogens (tertiary/aromatic N) is 1. The third-order valence-electron chi connectivity index (χ3n) is 3.61. The van der Waals surface area contributed by atoms with E-state index in [1.807, 2.05) is 6.07 Å². The number of carbonyl (C=O) groups excluding carboxylic acids is 1. The molecule has 0 bridgehead atoms. The molecule has 1 N–H and O–H groups in total. The molecule has 0 heterocycles. The first kappa shape index (κ1) is 16.7. The fourth-order valence-corrected chi connectivity index (χ4v) is 2.51. The molecule has 0 aliphatic rings. The summed E-state index contributed by atoms with van der Waals surface area (Å²) in [5.74, 6) is -0.199. The third-order valence-corrected chi connectivity index (χ3v) is 3.87. The minimum atomic E-state index is -0.491. The van der Waals surface area contributed by atoms with Crippen LogP contribution in [0.1, 0.15) is 15.9 Å². The lowest BCUT2D eigenvalue weighted by Crippen LogP contribution is -2.04. The summed E-state index contributed by atoms with van der Waals surface area (Å²) >= 11 is 5.85. The molecule has 0 saturated heterocycles. The van der Waals surface area contributed by atoms with Gasteiger partial charge in [0.05, 0.1) is 4.92 Å². The van der Waals surface area contributed by atoms with Crippen LogP contribution < -0.4 is 5.32 Å². The Morgan fingerprint density at radius 3 is 2.24 bits per heavy atom. The topological polar surface area (TPSA) is 72.2 Å². The number of nitrogens with one attached hydrogen (secondary N) is 1. The van der Waals surface area contributed by atoms with Crippen LogP contribution in [0.4, 0.5) is 17.1 Å². The number of anilines is 2. The maximum atomic E-state index is 12.6. The van der Waals surface area contributed by atoms with Crippen LogP contribution in [0.5, 0.6) is 0 Å². The molecular formula is C19H13ClN2O3. The molecule has 0 spiro atoms. The summed E-state index contributed by atoms with van der Waals surface area (Å²) in [6.45, 7) is 0. The van der Waals surface area contributed by atoms with Gasteiger partial charge in [-0.1, -0.05) is 41.9 Å². The molecule has 0 radical (unpaired) electrons. The van der Waals surface area contributed by atoms with Crippen molar-refractivity contribution in [3.63, 3.8) is 0 Å². The number of halogens is 1. The van der Waals surface area contributed by atoms with Gasteiger partial charge < -0.3 is 5.32 Å². The lowest BCUT2D eigenvalue weighted by Gasteiger charge is -2.09. The first-order valence-electron chi connectivity index (χ1n) is 7.45. The molecule has 0 fully saturated rings. The molecule has 3 aromatic carbocycles. The second kappa shape index (κ2) is 7.15. The average molecular weight is 353 g/mol. The van der Waals surface area contributed by atoms with Gasteiger partial charge in [-0.25, -0.2) is 0 Å².